The topological polar surface area (TPSA) is 96.2 Å². The molecule has 1 aliphatic rings. The summed E-state index contributed by atoms with van der Waals surface area (Å²) in [5.41, 5.74) is 1.94. The molecule has 8 nitrogen and oxygen atoms in total. The lowest BCUT2D eigenvalue weighted by Gasteiger charge is -2.24. The number of carbonyl (C=O) groups is 2. The van der Waals surface area contributed by atoms with E-state index in [-0.39, 0.29) is 17.7 Å². The third kappa shape index (κ3) is 5.06. The van der Waals surface area contributed by atoms with Crippen LogP contribution in [0.1, 0.15) is 31.0 Å². The first-order chi connectivity index (χ1) is 17.3. The molecule has 0 saturated carbocycles. The summed E-state index contributed by atoms with van der Waals surface area (Å²) in [7, 11) is 1.57. The number of thiazole rings is 1. The predicted octanol–water partition coefficient (Wildman–Crippen LogP) is 2.90. The maximum atomic E-state index is 13.6. The van der Waals surface area contributed by atoms with Crippen molar-refractivity contribution in [2.75, 3.05) is 13.7 Å². The highest BCUT2D eigenvalue weighted by Crippen LogP contribution is 2.31. The van der Waals surface area contributed by atoms with Crippen LogP contribution in [-0.2, 0) is 14.3 Å². The van der Waals surface area contributed by atoms with Gasteiger partial charge in [-0.25, -0.2) is 9.79 Å². The van der Waals surface area contributed by atoms with E-state index in [1.807, 2.05) is 12.1 Å². The number of hydrogen-bond acceptors (Lipinski definition) is 8. The second-order valence-corrected chi connectivity index (χ2v) is 8.91. The van der Waals surface area contributed by atoms with E-state index in [9.17, 15) is 14.4 Å². The molecule has 1 aliphatic heterocycles. The monoisotopic (exact) mass is 504 g/mol. The summed E-state index contributed by atoms with van der Waals surface area (Å²) in [5, 5.41) is 0. The van der Waals surface area contributed by atoms with Gasteiger partial charge in [-0.05, 0) is 48.4 Å². The summed E-state index contributed by atoms with van der Waals surface area (Å²) in [6.45, 7) is 6.69. The Kier molecular flexibility index (Phi) is 7.30. The minimum absolute atomic E-state index is 0.0404. The maximum absolute atomic E-state index is 13.6. The van der Waals surface area contributed by atoms with Crippen LogP contribution >= 0.6 is 11.3 Å². The SMILES string of the molecule is C=CCOC(=O)C1=C(C)N=c2s/c(=C\c3ccc(OC(C)=O)cc3)c(=O)n2[C@@H]1c1ccc(OC)cc1. The van der Waals surface area contributed by atoms with Gasteiger partial charge in [0.15, 0.2) is 4.80 Å². The van der Waals surface area contributed by atoms with E-state index in [4.69, 9.17) is 14.2 Å². The van der Waals surface area contributed by atoms with E-state index < -0.39 is 18.0 Å². The van der Waals surface area contributed by atoms with Gasteiger partial charge in [0, 0.05) is 6.92 Å². The molecular formula is C27H24N2O6S. The summed E-state index contributed by atoms with van der Waals surface area (Å²) in [6.07, 6.45) is 3.22. The van der Waals surface area contributed by atoms with Gasteiger partial charge in [0.2, 0.25) is 0 Å². The van der Waals surface area contributed by atoms with Crippen molar-refractivity contribution in [1.82, 2.24) is 4.57 Å². The maximum Gasteiger partial charge on any atom is 0.338 e. The summed E-state index contributed by atoms with van der Waals surface area (Å²) in [4.78, 5) is 42.9. The van der Waals surface area contributed by atoms with Gasteiger partial charge in [-0.3, -0.25) is 14.2 Å². The van der Waals surface area contributed by atoms with E-state index in [1.54, 1.807) is 56.5 Å². The van der Waals surface area contributed by atoms with Crippen LogP contribution < -0.4 is 24.4 Å². The van der Waals surface area contributed by atoms with Crippen molar-refractivity contribution in [2.45, 2.75) is 19.9 Å². The highest BCUT2D eigenvalue weighted by molar-refractivity contribution is 7.07. The van der Waals surface area contributed by atoms with E-state index in [0.29, 0.717) is 32.1 Å². The van der Waals surface area contributed by atoms with Crippen LogP contribution in [0.3, 0.4) is 0 Å². The lowest BCUT2D eigenvalue weighted by atomic mass is 9.96. The summed E-state index contributed by atoms with van der Waals surface area (Å²) < 4.78 is 17.6. The average Bonchev–Trinajstić information content (AvgIpc) is 3.16. The molecule has 4 rings (SSSR count). The van der Waals surface area contributed by atoms with Crippen LogP contribution in [0, 0.1) is 0 Å². The van der Waals surface area contributed by atoms with Gasteiger partial charge in [0.1, 0.15) is 18.1 Å². The first kappa shape index (κ1) is 24.9. The molecular weight excluding hydrogens is 480 g/mol. The normalized spacial score (nSPS) is 15.1. The molecule has 0 aliphatic carbocycles. The lowest BCUT2D eigenvalue weighted by Crippen LogP contribution is -2.39. The fourth-order valence-electron chi connectivity index (χ4n) is 3.85. The molecule has 3 aromatic rings. The molecule has 0 fully saturated rings. The van der Waals surface area contributed by atoms with Gasteiger partial charge in [-0.2, -0.15) is 0 Å². The standard InChI is InChI=1S/C27H24N2O6S/c1-5-14-34-26(32)23-16(2)28-27-29(24(23)19-8-12-20(33-4)13-9-19)25(31)22(36-27)15-18-6-10-21(11-7-18)35-17(3)30/h5-13,15,24H,1,14H2,2-4H3/b22-15-/t24-/m1/s1. The van der Waals surface area contributed by atoms with Gasteiger partial charge >= 0.3 is 11.9 Å². The second-order valence-electron chi connectivity index (χ2n) is 7.90. The van der Waals surface area contributed by atoms with Crippen LogP contribution in [0.15, 0.2) is 82.2 Å². The molecule has 36 heavy (non-hydrogen) atoms. The van der Waals surface area contributed by atoms with E-state index in [1.165, 1.54) is 28.9 Å². The predicted molar refractivity (Wildman–Crippen MR) is 136 cm³/mol. The third-order valence-electron chi connectivity index (χ3n) is 5.44. The molecule has 1 aromatic heterocycles. The molecule has 0 radical (unpaired) electrons. The molecule has 184 valence electrons. The number of carbonyl (C=O) groups excluding carboxylic acids is 2. The molecule has 0 N–H and O–H groups in total. The molecule has 9 heteroatoms. The Hall–Kier alpha value is -4.24. The second kappa shape index (κ2) is 10.6. The zero-order valence-electron chi connectivity index (χ0n) is 20.0. The van der Waals surface area contributed by atoms with Crippen molar-refractivity contribution in [1.29, 1.82) is 0 Å². The summed E-state index contributed by atoms with van der Waals surface area (Å²) >= 11 is 1.23. The number of esters is 2. The largest absolute Gasteiger partial charge is 0.497 e. The highest BCUT2D eigenvalue weighted by atomic mass is 32.1. The summed E-state index contributed by atoms with van der Waals surface area (Å²) in [6, 6.07) is 13.3. The van der Waals surface area contributed by atoms with Crippen LogP contribution in [-0.4, -0.2) is 30.2 Å². The van der Waals surface area contributed by atoms with Crippen molar-refractivity contribution in [3.8, 4) is 11.5 Å². The van der Waals surface area contributed by atoms with Crippen LogP contribution in [0.2, 0.25) is 0 Å². The first-order valence-electron chi connectivity index (χ1n) is 11.1. The van der Waals surface area contributed by atoms with Crippen molar-refractivity contribution < 1.29 is 23.8 Å². The van der Waals surface area contributed by atoms with Gasteiger partial charge in [-0.1, -0.05) is 48.3 Å². The van der Waals surface area contributed by atoms with E-state index in [2.05, 4.69) is 11.6 Å². The Morgan fingerprint density at radius 3 is 2.39 bits per heavy atom. The molecule has 0 unspecified atom stereocenters. The zero-order chi connectivity index (χ0) is 25.8. The number of rotatable bonds is 7. The molecule has 2 aromatic carbocycles. The third-order valence-corrected chi connectivity index (χ3v) is 6.43. The number of hydrogen-bond donors (Lipinski definition) is 0. The number of fused-ring (bicyclic) bond motifs is 1. The Labute approximate surface area is 211 Å². The highest BCUT2D eigenvalue weighted by Gasteiger charge is 2.33. The van der Waals surface area contributed by atoms with E-state index in [0.717, 1.165) is 5.56 Å². The molecule has 0 amide bonds. The van der Waals surface area contributed by atoms with Gasteiger partial charge < -0.3 is 14.2 Å². The average molecular weight is 505 g/mol. The molecule has 2 heterocycles. The van der Waals surface area contributed by atoms with Gasteiger partial charge in [0.25, 0.3) is 5.56 Å². The zero-order valence-corrected chi connectivity index (χ0v) is 20.8. The summed E-state index contributed by atoms with van der Waals surface area (Å²) in [5.74, 6) is 0.0958. The van der Waals surface area contributed by atoms with Gasteiger partial charge in [-0.15, -0.1) is 0 Å². The smallest absolute Gasteiger partial charge is 0.338 e. The number of benzene rings is 2. The quantitative estimate of drug-likeness (QED) is 0.279. The minimum Gasteiger partial charge on any atom is -0.497 e. The van der Waals surface area contributed by atoms with Crippen molar-refractivity contribution in [3.05, 3.63) is 103 Å². The Balaban J connectivity index is 1.84. The minimum atomic E-state index is -0.724. The Morgan fingerprint density at radius 1 is 1.11 bits per heavy atom. The number of aromatic nitrogens is 1. The van der Waals surface area contributed by atoms with Crippen LogP contribution in [0.25, 0.3) is 6.08 Å². The molecule has 0 saturated heterocycles. The van der Waals surface area contributed by atoms with Gasteiger partial charge in [0.05, 0.1) is 29.0 Å². The first-order valence-corrected chi connectivity index (χ1v) is 11.9. The fraction of sp³-hybridized carbons (Fsp3) is 0.185. The fourth-order valence-corrected chi connectivity index (χ4v) is 4.89. The van der Waals surface area contributed by atoms with E-state index >= 15 is 0 Å². The molecule has 1 atom stereocenters. The van der Waals surface area contributed by atoms with Crippen LogP contribution in [0.4, 0.5) is 0 Å². The number of ether oxygens (including phenoxy) is 3. The lowest BCUT2D eigenvalue weighted by molar-refractivity contribution is -0.138. The van der Waals surface area contributed by atoms with Crippen molar-refractivity contribution in [3.63, 3.8) is 0 Å². The molecule has 0 bridgehead atoms. The van der Waals surface area contributed by atoms with Crippen molar-refractivity contribution in [2.24, 2.45) is 4.99 Å². The van der Waals surface area contributed by atoms with Crippen molar-refractivity contribution >= 4 is 29.4 Å². The van der Waals surface area contributed by atoms with Crippen LogP contribution in [0.5, 0.6) is 11.5 Å². The number of allylic oxidation sites excluding steroid dienone is 1. The number of nitrogens with zero attached hydrogens (tertiary/aromatic N) is 2. The Morgan fingerprint density at radius 2 is 1.78 bits per heavy atom. The Bertz CT molecular complexity index is 1530. The number of methoxy groups -OCH3 is 1. The molecule has 0 spiro atoms.